The van der Waals surface area contributed by atoms with Crippen LogP contribution in [0.25, 0.3) is 0 Å². The van der Waals surface area contributed by atoms with Crippen LogP contribution < -0.4 is 0 Å². The number of hydrogen-bond donors (Lipinski definition) is 2. The summed E-state index contributed by atoms with van der Waals surface area (Å²) < 4.78 is 0. The molecule has 0 aromatic heterocycles. The molecule has 0 amide bonds. The fourth-order valence-electron chi connectivity index (χ4n) is 3.21. The van der Waals surface area contributed by atoms with Crippen molar-refractivity contribution in [2.24, 2.45) is 23.7 Å². The van der Waals surface area contributed by atoms with Crippen LogP contribution in [0, 0.1) is 23.7 Å². The van der Waals surface area contributed by atoms with E-state index in [4.69, 9.17) is 10.2 Å². The topological polar surface area (TPSA) is 74.6 Å². The fourth-order valence-corrected chi connectivity index (χ4v) is 3.21. The van der Waals surface area contributed by atoms with Crippen LogP contribution in [0.15, 0.2) is 0 Å². The Morgan fingerprint density at radius 1 is 0.708 bits per heavy atom. The van der Waals surface area contributed by atoms with Gasteiger partial charge in [0.05, 0.1) is 12.3 Å². The Kier molecular flexibility index (Phi) is 12.7. The molecule has 0 bridgehead atoms. The molecule has 4 heteroatoms. The largest absolute Gasteiger partial charge is 0.481 e. The molecule has 0 aliphatic rings. The lowest BCUT2D eigenvalue weighted by Crippen LogP contribution is -2.18. The maximum Gasteiger partial charge on any atom is 0.307 e. The molecule has 0 rings (SSSR count). The Balaban J connectivity index is 3.76. The predicted molar refractivity (Wildman–Crippen MR) is 98.1 cm³/mol. The lowest BCUT2D eigenvalue weighted by Gasteiger charge is -2.16. The second kappa shape index (κ2) is 13.3. The molecule has 0 aromatic carbocycles. The van der Waals surface area contributed by atoms with Gasteiger partial charge in [0.1, 0.15) is 0 Å². The van der Waals surface area contributed by atoms with Crippen molar-refractivity contribution < 1.29 is 19.8 Å². The van der Waals surface area contributed by atoms with Gasteiger partial charge in [0, 0.05) is 0 Å². The summed E-state index contributed by atoms with van der Waals surface area (Å²) in [5.74, 6) is -0.569. The number of hydrogen-bond acceptors (Lipinski definition) is 2. The summed E-state index contributed by atoms with van der Waals surface area (Å²) in [7, 11) is 0. The first kappa shape index (κ1) is 22.9. The van der Waals surface area contributed by atoms with Crippen LogP contribution in [-0.2, 0) is 9.59 Å². The number of rotatable bonds is 15. The second-order valence-electron chi connectivity index (χ2n) is 8.03. The summed E-state index contributed by atoms with van der Waals surface area (Å²) in [5, 5.41) is 17.8. The zero-order valence-corrected chi connectivity index (χ0v) is 16.1. The summed E-state index contributed by atoms with van der Waals surface area (Å²) >= 11 is 0. The van der Waals surface area contributed by atoms with E-state index in [1.54, 1.807) is 0 Å². The van der Waals surface area contributed by atoms with Crippen molar-refractivity contribution in [2.45, 2.75) is 91.9 Å². The quantitative estimate of drug-likeness (QED) is 0.406. The van der Waals surface area contributed by atoms with Crippen LogP contribution in [-0.4, -0.2) is 22.2 Å². The lowest BCUT2D eigenvalue weighted by molar-refractivity contribution is -0.148. The Bertz CT molecular complexity index is 352. The monoisotopic (exact) mass is 342 g/mol. The summed E-state index contributed by atoms with van der Waals surface area (Å²) in [6, 6.07) is 0. The lowest BCUT2D eigenvalue weighted by atomic mass is 9.90. The van der Waals surface area contributed by atoms with Crippen LogP contribution in [0.3, 0.4) is 0 Å². The maximum absolute atomic E-state index is 11.0. The van der Waals surface area contributed by atoms with Crippen molar-refractivity contribution in [3.8, 4) is 0 Å². The van der Waals surface area contributed by atoms with E-state index in [1.165, 1.54) is 38.5 Å². The molecule has 4 nitrogen and oxygen atoms in total. The highest BCUT2D eigenvalue weighted by Crippen LogP contribution is 2.22. The number of carboxylic acid groups (broad SMARTS) is 2. The van der Waals surface area contributed by atoms with Gasteiger partial charge in [0.25, 0.3) is 0 Å². The van der Waals surface area contributed by atoms with Gasteiger partial charge in [-0.3, -0.25) is 9.59 Å². The maximum atomic E-state index is 11.0. The molecule has 0 aromatic rings. The molecule has 0 heterocycles. The predicted octanol–water partition coefficient (Wildman–Crippen LogP) is 5.60. The van der Waals surface area contributed by atoms with Gasteiger partial charge in [-0.1, -0.05) is 79.1 Å². The molecule has 3 unspecified atom stereocenters. The van der Waals surface area contributed by atoms with Crippen LogP contribution in [0.2, 0.25) is 0 Å². The van der Waals surface area contributed by atoms with Gasteiger partial charge in [-0.2, -0.15) is 0 Å². The second-order valence-corrected chi connectivity index (χ2v) is 8.03. The molecular weight excluding hydrogens is 304 g/mol. The standard InChI is InChI=1S/C20H38O4/c1-15(2)8-5-9-16(3)10-6-11-17(4)12-7-13-18(20(23)24)14-19(21)22/h15-18H,5-14H2,1-4H3,(H,21,22)(H,23,24). The minimum absolute atomic E-state index is 0.266. The van der Waals surface area contributed by atoms with Crippen LogP contribution in [0.4, 0.5) is 0 Å². The molecule has 0 aliphatic carbocycles. The van der Waals surface area contributed by atoms with Gasteiger partial charge in [-0.05, 0) is 24.2 Å². The molecule has 0 saturated carbocycles. The number of carbonyl (C=O) groups is 2. The van der Waals surface area contributed by atoms with Crippen molar-refractivity contribution in [1.82, 2.24) is 0 Å². The van der Waals surface area contributed by atoms with Gasteiger partial charge >= 0.3 is 11.9 Å². The first-order valence-corrected chi connectivity index (χ1v) is 9.66. The molecule has 0 fully saturated rings. The zero-order valence-electron chi connectivity index (χ0n) is 16.1. The van der Waals surface area contributed by atoms with Gasteiger partial charge in [-0.15, -0.1) is 0 Å². The minimum Gasteiger partial charge on any atom is -0.481 e. The average Bonchev–Trinajstić information content (AvgIpc) is 2.45. The van der Waals surface area contributed by atoms with Crippen molar-refractivity contribution in [3.05, 3.63) is 0 Å². The summed E-state index contributed by atoms with van der Waals surface area (Å²) in [6.45, 7) is 9.11. The highest BCUT2D eigenvalue weighted by molar-refractivity contribution is 5.77. The van der Waals surface area contributed by atoms with E-state index in [1.807, 2.05) is 0 Å². The van der Waals surface area contributed by atoms with E-state index < -0.39 is 17.9 Å². The Morgan fingerprint density at radius 2 is 1.12 bits per heavy atom. The Labute approximate surface area is 148 Å². The molecule has 0 aliphatic heterocycles. The van der Waals surface area contributed by atoms with Gasteiger partial charge in [0.2, 0.25) is 0 Å². The van der Waals surface area contributed by atoms with E-state index in [0.717, 1.165) is 24.7 Å². The van der Waals surface area contributed by atoms with E-state index in [2.05, 4.69) is 27.7 Å². The number of aliphatic carboxylic acids is 2. The van der Waals surface area contributed by atoms with Crippen LogP contribution >= 0.6 is 0 Å². The third kappa shape index (κ3) is 13.4. The smallest absolute Gasteiger partial charge is 0.307 e. The molecule has 0 spiro atoms. The molecule has 3 atom stereocenters. The third-order valence-corrected chi connectivity index (χ3v) is 4.89. The van der Waals surface area contributed by atoms with Crippen LogP contribution in [0.1, 0.15) is 91.9 Å². The first-order chi connectivity index (χ1) is 11.2. The van der Waals surface area contributed by atoms with Crippen molar-refractivity contribution in [2.75, 3.05) is 0 Å². The van der Waals surface area contributed by atoms with E-state index in [0.29, 0.717) is 12.3 Å². The molecule has 142 valence electrons. The average molecular weight is 343 g/mol. The van der Waals surface area contributed by atoms with Gasteiger partial charge in [0.15, 0.2) is 0 Å². The molecular formula is C20H38O4. The van der Waals surface area contributed by atoms with E-state index in [9.17, 15) is 9.59 Å². The highest BCUT2D eigenvalue weighted by atomic mass is 16.4. The minimum atomic E-state index is -1.03. The Hall–Kier alpha value is -1.06. The summed E-state index contributed by atoms with van der Waals surface area (Å²) in [5.41, 5.74) is 0. The zero-order chi connectivity index (χ0) is 18.5. The molecule has 0 radical (unpaired) electrons. The van der Waals surface area contributed by atoms with Crippen LogP contribution in [0.5, 0.6) is 0 Å². The molecule has 24 heavy (non-hydrogen) atoms. The molecule has 0 saturated heterocycles. The first-order valence-electron chi connectivity index (χ1n) is 9.66. The SMILES string of the molecule is CC(C)CCCC(C)CCCC(C)CCCC(CC(=O)O)C(=O)O. The molecule has 2 N–H and O–H groups in total. The fraction of sp³-hybridized carbons (Fsp3) is 0.900. The highest BCUT2D eigenvalue weighted by Gasteiger charge is 2.20. The van der Waals surface area contributed by atoms with Gasteiger partial charge < -0.3 is 10.2 Å². The summed E-state index contributed by atoms with van der Waals surface area (Å²) in [4.78, 5) is 21.7. The van der Waals surface area contributed by atoms with Crippen molar-refractivity contribution >= 4 is 11.9 Å². The Morgan fingerprint density at radius 3 is 1.50 bits per heavy atom. The van der Waals surface area contributed by atoms with Crippen molar-refractivity contribution in [3.63, 3.8) is 0 Å². The summed E-state index contributed by atoms with van der Waals surface area (Å²) in [6.07, 6.45) is 9.67. The van der Waals surface area contributed by atoms with Crippen molar-refractivity contribution in [1.29, 1.82) is 0 Å². The third-order valence-electron chi connectivity index (χ3n) is 4.89. The normalized spacial score (nSPS) is 15.2. The van der Waals surface area contributed by atoms with E-state index in [-0.39, 0.29) is 6.42 Å². The van der Waals surface area contributed by atoms with Gasteiger partial charge in [-0.25, -0.2) is 0 Å². The van der Waals surface area contributed by atoms with E-state index >= 15 is 0 Å². The number of carboxylic acids is 2.